The third-order valence-corrected chi connectivity index (χ3v) is 1.98. The molecule has 10 heavy (non-hydrogen) atoms. The normalized spacial score (nSPS) is 21.5. The van der Waals surface area contributed by atoms with Crippen LogP contribution in [-0.2, 0) is 0 Å². The van der Waals surface area contributed by atoms with Gasteiger partial charge in [0.05, 0.1) is 6.10 Å². The SMILES string of the molecule is CC(O)C1=CC=C(Cl)CC1. The fourth-order valence-corrected chi connectivity index (χ4v) is 1.13. The van der Waals surface area contributed by atoms with Crippen LogP contribution in [-0.4, -0.2) is 11.2 Å². The number of aliphatic hydroxyl groups excluding tert-OH is 1. The Morgan fingerprint density at radius 3 is 2.60 bits per heavy atom. The van der Waals surface area contributed by atoms with E-state index in [0.717, 1.165) is 23.4 Å². The number of rotatable bonds is 1. The lowest BCUT2D eigenvalue weighted by molar-refractivity contribution is 0.227. The first kappa shape index (κ1) is 7.83. The van der Waals surface area contributed by atoms with E-state index in [4.69, 9.17) is 16.7 Å². The molecule has 0 saturated heterocycles. The fraction of sp³-hybridized carbons (Fsp3) is 0.500. The predicted molar refractivity (Wildman–Crippen MR) is 42.9 cm³/mol. The molecule has 1 rings (SSSR count). The van der Waals surface area contributed by atoms with Gasteiger partial charge >= 0.3 is 0 Å². The van der Waals surface area contributed by atoms with Gasteiger partial charge in [0.25, 0.3) is 0 Å². The van der Waals surface area contributed by atoms with Crippen molar-refractivity contribution in [1.29, 1.82) is 0 Å². The molecule has 2 heteroatoms. The highest BCUT2D eigenvalue weighted by atomic mass is 35.5. The van der Waals surface area contributed by atoms with Crippen molar-refractivity contribution < 1.29 is 5.11 Å². The molecule has 0 aromatic carbocycles. The maximum Gasteiger partial charge on any atom is 0.0725 e. The van der Waals surface area contributed by atoms with Crippen molar-refractivity contribution in [3.63, 3.8) is 0 Å². The lowest BCUT2D eigenvalue weighted by Crippen LogP contribution is -2.06. The average molecular weight is 159 g/mol. The average Bonchev–Trinajstić information content (AvgIpc) is 1.88. The molecule has 0 aromatic rings. The number of hydrogen-bond acceptors (Lipinski definition) is 1. The van der Waals surface area contributed by atoms with E-state index in [1.807, 2.05) is 12.2 Å². The zero-order valence-electron chi connectivity index (χ0n) is 5.97. The molecule has 0 heterocycles. The summed E-state index contributed by atoms with van der Waals surface area (Å²) in [7, 11) is 0. The van der Waals surface area contributed by atoms with E-state index >= 15 is 0 Å². The summed E-state index contributed by atoms with van der Waals surface area (Å²) in [6, 6.07) is 0. The zero-order valence-corrected chi connectivity index (χ0v) is 6.73. The molecule has 0 amide bonds. The van der Waals surface area contributed by atoms with Crippen LogP contribution in [0.3, 0.4) is 0 Å². The summed E-state index contributed by atoms with van der Waals surface area (Å²) in [6.07, 6.45) is 5.20. The maximum atomic E-state index is 9.12. The standard InChI is InChI=1S/C8H11ClO/c1-6(10)7-2-4-8(9)5-3-7/h2,4,6,10H,3,5H2,1H3. The van der Waals surface area contributed by atoms with Crippen LogP contribution in [0.15, 0.2) is 22.8 Å². The molecule has 1 nitrogen and oxygen atoms in total. The molecular weight excluding hydrogens is 148 g/mol. The van der Waals surface area contributed by atoms with Crippen molar-refractivity contribution in [2.24, 2.45) is 0 Å². The highest BCUT2D eigenvalue weighted by Gasteiger charge is 2.08. The molecule has 1 N–H and O–H groups in total. The van der Waals surface area contributed by atoms with Crippen LogP contribution in [0, 0.1) is 0 Å². The van der Waals surface area contributed by atoms with Crippen molar-refractivity contribution in [2.75, 3.05) is 0 Å². The van der Waals surface area contributed by atoms with E-state index in [1.54, 1.807) is 6.92 Å². The molecule has 0 spiro atoms. The first-order valence-corrected chi connectivity index (χ1v) is 3.81. The van der Waals surface area contributed by atoms with Crippen LogP contribution in [0.25, 0.3) is 0 Å². The summed E-state index contributed by atoms with van der Waals surface area (Å²) >= 11 is 5.72. The predicted octanol–water partition coefficient (Wildman–Crippen LogP) is 2.21. The summed E-state index contributed by atoms with van der Waals surface area (Å²) in [5.74, 6) is 0. The Bertz CT molecular complexity index is 180. The van der Waals surface area contributed by atoms with Crippen molar-refractivity contribution in [2.45, 2.75) is 25.9 Å². The Balaban J connectivity index is 2.64. The molecule has 0 aromatic heterocycles. The molecule has 1 aliphatic rings. The summed E-state index contributed by atoms with van der Waals surface area (Å²) < 4.78 is 0. The highest BCUT2D eigenvalue weighted by Crippen LogP contribution is 2.22. The summed E-state index contributed by atoms with van der Waals surface area (Å²) in [6.45, 7) is 1.78. The second-order valence-corrected chi connectivity index (χ2v) is 3.02. The van der Waals surface area contributed by atoms with Crippen LogP contribution in [0.1, 0.15) is 19.8 Å². The van der Waals surface area contributed by atoms with Gasteiger partial charge in [-0.3, -0.25) is 0 Å². The Hall–Kier alpha value is -0.270. The Kier molecular flexibility index (Phi) is 2.52. The number of aliphatic hydroxyl groups is 1. The molecule has 56 valence electrons. The van der Waals surface area contributed by atoms with Gasteiger partial charge in [0, 0.05) is 5.03 Å². The monoisotopic (exact) mass is 158 g/mol. The van der Waals surface area contributed by atoms with E-state index in [9.17, 15) is 0 Å². The van der Waals surface area contributed by atoms with E-state index in [2.05, 4.69) is 0 Å². The molecule has 0 saturated carbocycles. The van der Waals surface area contributed by atoms with Gasteiger partial charge in [0.15, 0.2) is 0 Å². The van der Waals surface area contributed by atoms with Gasteiger partial charge < -0.3 is 5.11 Å². The minimum atomic E-state index is -0.319. The Morgan fingerprint density at radius 1 is 1.50 bits per heavy atom. The van der Waals surface area contributed by atoms with E-state index < -0.39 is 0 Å². The summed E-state index contributed by atoms with van der Waals surface area (Å²) in [5.41, 5.74) is 1.07. The molecule has 0 aliphatic heterocycles. The van der Waals surface area contributed by atoms with Gasteiger partial charge in [-0.1, -0.05) is 17.7 Å². The van der Waals surface area contributed by atoms with Gasteiger partial charge in [0.1, 0.15) is 0 Å². The molecular formula is C8H11ClO. The van der Waals surface area contributed by atoms with Gasteiger partial charge in [-0.05, 0) is 31.4 Å². The lowest BCUT2D eigenvalue weighted by atomic mass is 10.0. The third kappa shape index (κ3) is 1.86. The second kappa shape index (κ2) is 3.22. The topological polar surface area (TPSA) is 20.2 Å². The van der Waals surface area contributed by atoms with Crippen LogP contribution in [0.4, 0.5) is 0 Å². The Labute approximate surface area is 66.0 Å². The third-order valence-electron chi connectivity index (χ3n) is 1.67. The van der Waals surface area contributed by atoms with Crippen LogP contribution in [0.2, 0.25) is 0 Å². The maximum absolute atomic E-state index is 9.12. The van der Waals surface area contributed by atoms with Crippen molar-refractivity contribution in [3.8, 4) is 0 Å². The minimum Gasteiger partial charge on any atom is -0.389 e. The second-order valence-electron chi connectivity index (χ2n) is 2.53. The Morgan fingerprint density at radius 2 is 2.20 bits per heavy atom. The van der Waals surface area contributed by atoms with Gasteiger partial charge in [-0.2, -0.15) is 0 Å². The number of allylic oxidation sites excluding steroid dienone is 3. The summed E-state index contributed by atoms with van der Waals surface area (Å²) in [5, 5.41) is 10.0. The van der Waals surface area contributed by atoms with E-state index in [1.165, 1.54) is 0 Å². The molecule has 1 atom stereocenters. The molecule has 1 aliphatic carbocycles. The largest absolute Gasteiger partial charge is 0.389 e. The van der Waals surface area contributed by atoms with Crippen molar-refractivity contribution >= 4 is 11.6 Å². The fourth-order valence-electron chi connectivity index (χ4n) is 0.976. The molecule has 0 bridgehead atoms. The first-order valence-electron chi connectivity index (χ1n) is 3.43. The van der Waals surface area contributed by atoms with E-state index in [0.29, 0.717) is 0 Å². The highest BCUT2D eigenvalue weighted by molar-refractivity contribution is 6.29. The quantitative estimate of drug-likeness (QED) is 0.621. The number of hydrogen-bond donors (Lipinski definition) is 1. The van der Waals surface area contributed by atoms with Crippen LogP contribution < -0.4 is 0 Å². The number of halogens is 1. The summed E-state index contributed by atoms with van der Waals surface area (Å²) in [4.78, 5) is 0. The molecule has 1 unspecified atom stereocenters. The van der Waals surface area contributed by atoms with Gasteiger partial charge in [0.2, 0.25) is 0 Å². The van der Waals surface area contributed by atoms with Crippen molar-refractivity contribution in [1.82, 2.24) is 0 Å². The first-order chi connectivity index (χ1) is 4.70. The van der Waals surface area contributed by atoms with Crippen molar-refractivity contribution in [3.05, 3.63) is 22.8 Å². The van der Waals surface area contributed by atoms with Gasteiger partial charge in [-0.25, -0.2) is 0 Å². The van der Waals surface area contributed by atoms with E-state index in [-0.39, 0.29) is 6.10 Å². The zero-order chi connectivity index (χ0) is 7.56. The smallest absolute Gasteiger partial charge is 0.0725 e. The van der Waals surface area contributed by atoms with Crippen LogP contribution >= 0.6 is 11.6 Å². The van der Waals surface area contributed by atoms with Crippen LogP contribution in [0.5, 0.6) is 0 Å². The molecule has 0 radical (unpaired) electrons. The lowest BCUT2D eigenvalue weighted by Gasteiger charge is -2.12. The molecule has 0 fully saturated rings. The van der Waals surface area contributed by atoms with Gasteiger partial charge in [-0.15, -0.1) is 0 Å². The minimum absolute atomic E-state index is 0.319.